The number of hydrogen-bond acceptors (Lipinski definition) is 0. The minimum absolute atomic E-state index is 0.184. The van der Waals surface area contributed by atoms with Crippen LogP contribution in [0.2, 0.25) is 0 Å². The molecule has 10 rings (SSSR count). The van der Waals surface area contributed by atoms with Crippen LogP contribution in [0.1, 0.15) is 0 Å². The third-order valence-electron chi connectivity index (χ3n) is 10.3. The van der Waals surface area contributed by atoms with E-state index in [4.69, 9.17) is 39.2 Å². The van der Waals surface area contributed by atoms with Gasteiger partial charge >= 0.3 is 0 Å². The molecular weight excluding hydrogens is 601 g/mol. The summed E-state index contributed by atoms with van der Waals surface area (Å²) in [4.78, 5) is 7.64. The summed E-state index contributed by atoms with van der Waals surface area (Å²) in [5.74, 6) is 0. The van der Waals surface area contributed by atoms with Gasteiger partial charge in [-0.3, -0.25) is 0 Å². The minimum atomic E-state index is 0.184. The smallest absolute Gasteiger partial charge is 0.115 e. The second-order valence-electron chi connectivity index (χ2n) is 13.0. The van der Waals surface area contributed by atoms with Gasteiger partial charge in [-0.1, -0.05) is 108 Å². The van der Waals surface area contributed by atoms with Crippen LogP contribution < -0.4 is 27.3 Å². The molecule has 3 heterocycles. The van der Waals surface area contributed by atoms with Crippen molar-refractivity contribution in [2.75, 3.05) is 0 Å². The molecule has 0 unspecified atom stereocenters. The fourth-order valence-corrected chi connectivity index (χ4v) is 7.87. The highest BCUT2D eigenvalue weighted by Gasteiger charge is 2.23. The van der Waals surface area contributed by atoms with Crippen LogP contribution in [0.4, 0.5) is 0 Å². The van der Waals surface area contributed by atoms with Crippen LogP contribution in [0.25, 0.3) is 93.4 Å². The summed E-state index contributed by atoms with van der Waals surface area (Å²) in [6, 6.07) is 42.6. The number of nitrogens with zero attached hydrogens (tertiary/aromatic N) is 1. The lowest BCUT2D eigenvalue weighted by Gasteiger charge is -2.23. The number of rotatable bonds is 3. The maximum absolute atomic E-state index is 6.74. The molecule has 7 aromatic carbocycles. The monoisotopic (exact) mass is 623 g/mol. The van der Waals surface area contributed by atoms with E-state index in [1.165, 1.54) is 0 Å². The average molecular weight is 623 g/mol. The summed E-state index contributed by atoms with van der Waals surface area (Å²) >= 11 is 0. The van der Waals surface area contributed by atoms with Gasteiger partial charge in [0.05, 0.1) is 22.1 Å². The molecule has 50 heavy (non-hydrogen) atoms. The molecule has 0 aliphatic rings. The Kier molecular flexibility index (Phi) is 6.21. The first-order valence-electron chi connectivity index (χ1n) is 16.5. The number of hydrogen-bond donors (Lipinski definition) is 2. The van der Waals surface area contributed by atoms with Gasteiger partial charge in [-0.15, -0.1) is 16.4 Å². The van der Waals surface area contributed by atoms with Gasteiger partial charge < -0.3 is 14.5 Å². The molecule has 3 nitrogen and oxygen atoms in total. The van der Waals surface area contributed by atoms with Crippen molar-refractivity contribution in [2.45, 2.75) is 0 Å². The van der Waals surface area contributed by atoms with E-state index in [-0.39, 0.29) is 27.3 Å². The maximum atomic E-state index is 6.74. The second kappa shape index (κ2) is 10.6. The molecule has 0 saturated heterocycles. The first-order valence-corrected chi connectivity index (χ1v) is 16.5. The number of H-pyrrole nitrogens is 2. The fourth-order valence-electron chi connectivity index (χ4n) is 7.87. The van der Waals surface area contributed by atoms with Gasteiger partial charge in [-0.2, -0.15) is 0 Å². The third kappa shape index (κ3) is 3.99. The Labute approximate surface area is 294 Å². The Morgan fingerprint density at radius 1 is 0.380 bits per heavy atom. The van der Waals surface area contributed by atoms with Crippen molar-refractivity contribution in [3.63, 3.8) is 0 Å². The van der Waals surface area contributed by atoms with Crippen molar-refractivity contribution in [1.29, 1.82) is 0 Å². The van der Waals surface area contributed by atoms with Crippen LogP contribution in [0.15, 0.2) is 121 Å². The molecule has 0 aliphatic carbocycles. The van der Waals surface area contributed by atoms with Crippen LogP contribution in [-0.4, -0.2) is 53.8 Å². The molecule has 0 aliphatic heterocycles. The van der Waals surface area contributed by atoms with Crippen LogP contribution in [0.3, 0.4) is 0 Å². The van der Waals surface area contributed by atoms with Crippen molar-refractivity contribution in [3.8, 4) is 27.9 Å². The molecule has 0 amide bonds. The predicted molar refractivity (Wildman–Crippen MR) is 217 cm³/mol. The van der Waals surface area contributed by atoms with Gasteiger partial charge in [0, 0.05) is 49.0 Å². The van der Waals surface area contributed by atoms with E-state index in [0.717, 1.165) is 87.7 Å². The summed E-state index contributed by atoms with van der Waals surface area (Å²) in [5.41, 5.74) is 12.2. The molecule has 3 aromatic heterocycles. The molecule has 0 atom stereocenters. The zero-order valence-electron chi connectivity index (χ0n) is 26.9. The van der Waals surface area contributed by atoms with E-state index in [9.17, 15) is 0 Å². The molecule has 8 heteroatoms. The quantitative estimate of drug-likeness (QED) is 0.249. The number of benzene rings is 7. The summed E-state index contributed by atoms with van der Waals surface area (Å²) < 4.78 is 2.07. The van der Waals surface area contributed by atoms with E-state index in [2.05, 4.69) is 124 Å². The van der Waals surface area contributed by atoms with Crippen LogP contribution in [0.5, 0.6) is 0 Å². The number of fused-ring (bicyclic) bond motifs is 11. The topological polar surface area (TPSA) is 36.5 Å². The Bertz CT molecular complexity index is 2830. The maximum Gasteiger partial charge on any atom is 0.115 e. The average Bonchev–Trinajstić information content (AvgIpc) is 3.83. The van der Waals surface area contributed by atoms with Gasteiger partial charge in [-0.05, 0) is 46.5 Å². The molecule has 0 fully saturated rings. The van der Waals surface area contributed by atoms with E-state index in [1.54, 1.807) is 0 Å². The molecule has 0 spiro atoms. The summed E-state index contributed by atoms with van der Waals surface area (Å²) in [6.45, 7) is 0. The highest BCUT2D eigenvalue weighted by atomic mass is 15.0. The third-order valence-corrected chi connectivity index (χ3v) is 10.3. The molecular formula is C42H22B5N3. The summed E-state index contributed by atoms with van der Waals surface area (Å²) in [5, 5.41) is 6.56. The summed E-state index contributed by atoms with van der Waals surface area (Å²) in [6.07, 6.45) is 0. The molecule has 10 radical (unpaired) electrons. The number of aromatic nitrogens is 3. The van der Waals surface area contributed by atoms with E-state index < -0.39 is 0 Å². The fraction of sp³-hybridized carbons (Fsp3) is 0. The Hall–Kier alpha value is -5.74. The standard InChI is InChI=1S/C42H22B5N3/c43-35-36(44)38(46)42(39(47)37(35)45)50-31-17-15-27-25-13-11-23(21-7-3-1-4-8-21)19-29(25)48-40(27)33(31)34-32(50)18-16-28-26-14-12-24(20-30(26)49-41(28)34)22-9-5-2-6-10-22/h1-20,48-49H. The van der Waals surface area contributed by atoms with Gasteiger partial charge in [0.1, 0.15) is 39.2 Å². The van der Waals surface area contributed by atoms with Crippen LogP contribution >= 0.6 is 0 Å². The normalized spacial score (nSPS) is 12.0. The van der Waals surface area contributed by atoms with Crippen molar-refractivity contribution in [2.24, 2.45) is 0 Å². The van der Waals surface area contributed by atoms with Crippen molar-refractivity contribution in [3.05, 3.63) is 121 Å². The highest BCUT2D eigenvalue weighted by Crippen LogP contribution is 2.43. The lowest BCUT2D eigenvalue weighted by Crippen LogP contribution is -2.56. The Morgan fingerprint density at radius 2 is 0.780 bits per heavy atom. The molecule has 220 valence electrons. The van der Waals surface area contributed by atoms with Gasteiger partial charge in [0.15, 0.2) is 0 Å². The van der Waals surface area contributed by atoms with E-state index in [1.807, 2.05) is 12.1 Å². The van der Waals surface area contributed by atoms with Crippen molar-refractivity contribution >= 4 is 132 Å². The SMILES string of the molecule is [B]c1c([B])c([B])c(-n2c3ccc4c5ccc(-c6ccccc6)cc5[nH]c4c3c3c4[nH]c5cc(-c6ccccc6)ccc5c4ccc32)c([B])c1[B]. The van der Waals surface area contributed by atoms with E-state index >= 15 is 0 Å². The predicted octanol–water partition coefficient (Wildman–Crippen LogP) is 5.36. The van der Waals surface area contributed by atoms with Crippen LogP contribution in [0, 0.1) is 0 Å². The molecule has 0 bridgehead atoms. The van der Waals surface area contributed by atoms with Crippen molar-refractivity contribution in [1.82, 2.24) is 14.5 Å². The number of aromatic amines is 2. The highest BCUT2D eigenvalue weighted by molar-refractivity contribution is 6.68. The zero-order chi connectivity index (χ0) is 33.8. The van der Waals surface area contributed by atoms with Gasteiger partial charge in [0.2, 0.25) is 0 Å². The first-order chi connectivity index (χ1) is 24.4. The Morgan fingerprint density at radius 3 is 1.22 bits per heavy atom. The molecule has 10 aromatic rings. The first kappa shape index (κ1) is 29.2. The van der Waals surface area contributed by atoms with Crippen LogP contribution in [-0.2, 0) is 0 Å². The van der Waals surface area contributed by atoms with Gasteiger partial charge in [-0.25, -0.2) is 0 Å². The minimum Gasteiger partial charge on any atom is -0.354 e. The summed E-state index contributed by atoms with van der Waals surface area (Å²) in [7, 11) is 32.6. The van der Waals surface area contributed by atoms with Crippen molar-refractivity contribution < 1.29 is 0 Å². The van der Waals surface area contributed by atoms with E-state index in [0.29, 0.717) is 5.69 Å². The molecule has 2 N–H and O–H groups in total. The lowest BCUT2D eigenvalue weighted by atomic mass is 9.61. The molecule has 0 saturated carbocycles. The number of nitrogens with one attached hydrogen (secondary N) is 2. The Balaban J connectivity index is 1.36. The lowest BCUT2D eigenvalue weighted by molar-refractivity contribution is 1.21. The van der Waals surface area contributed by atoms with Gasteiger partial charge in [0.25, 0.3) is 0 Å². The largest absolute Gasteiger partial charge is 0.354 e. The second-order valence-corrected chi connectivity index (χ2v) is 13.0. The zero-order valence-corrected chi connectivity index (χ0v) is 26.9.